The first-order valence-corrected chi connectivity index (χ1v) is 11.0. The third kappa shape index (κ3) is 5.67. The molecule has 1 aliphatic rings. The number of hydrogen-bond donors (Lipinski definition) is 4. The maximum Gasteiger partial charge on any atom is 0.122 e. The first-order chi connectivity index (χ1) is 15.2. The number of oxime groups is 1. The predicted octanol–water partition coefficient (Wildman–Crippen LogP) is 2.59. The molecule has 5 unspecified atom stereocenters. The minimum absolute atomic E-state index is 0.0161. The van der Waals surface area contributed by atoms with Gasteiger partial charge in [-0.3, -0.25) is 0 Å². The molecule has 0 bridgehead atoms. The zero-order chi connectivity index (χ0) is 23.4. The zero-order valence-electron chi connectivity index (χ0n) is 18.4. The van der Waals surface area contributed by atoms with Gasteiger partial charge in [0.1, 0.15) is 36.6 Å². The molecule has 0 amide bonds. The monoisotopic (exact) mass is 463 g/mol. The van der Waals surface area contributed by atoms with Crippen molar-refractivity contribution in [3.05, 3.63) is 69.7 Å². The normalized spacial score (nSPS) is 26.4. The third-order valence-corrected chi connectivity index (χ3v) is 5.83. The van der Waals surface area contributed by atoms with Gasteiger partial charge >= 0.3 is 0 Å². The van der Waals surface area contributed by atoms with Crippen LogP contribution in [-0.2, 0) is 16.0 Å². The molecule has 1 heterocycles. The molecule has 3 rings (SSSR count). The van der Waals surface area contributed by atoms with E-state index in [2.05, 4.69) is 5.16 Å². The van der Waals surface area contributed by atoms with Crippen LogP contribution in [0, 0.1) is 0 Å². The van der Waals surface area contributed by atoms with Gasteiger partial charge in [-0.05, 0) is 55.5 Å². The Labute approximate surface area is 192 Å². The Morgan fingerprint density at radius 2 is 1.75 bits per heavy atom. The second kappa shape index (κ2) is 10.7. The van der Waals surface area contributed by atoms with Gasteiger partial charge in [0.25, 0.3) is 0 Å². The number of hydrogen-bond acceptors (Lipinski definition) is 7. The van der Waals surface area contributed by atoms with Crippen LogP contribution >= 0.6 is 11.6 Å². The molecule has 0 aliphatic carbocycles. The van der Waals surface area contributed by atoms with Crippen molar-refractivity contribution in [3.63, 3.8) is 0 Å². The van der Waals surface area contributed by atoms with Gasteiger partial charge < -0.3 is 30.0 Å². The SMILES string of the molecule is CC(=NOC(C)C)c1ccc(Cc2cc(C3OC(CO)C(O)C(O)C3O)ccc2Cl)cc1. The van der Waals surface area contributed by atoms with Crippen LogP contribution in [0.1, 0.15) is 49.1 Å². The summed E-state index contributed by atoms with van der Waals surface area (Å²) < 4.78 is 5.67. The second-order valence-electron chi connectivity index (χ2n) is 8.30. The van der Waals surface area contributed by atoms with Crippen LogP contribution in [0.2, 0.25) is 5.02 Å². The summed E-state index contributed by atoms with van der Waals surface area (Å²) in [7, 11) is 0. The summed E-state index contributed by atoms with van der Waals surface area (Å²) >= 11 is 6.41. The number of rotatable bonds is 7. The van der Waals surface area contributed by atoms with Crippen molar-refractivity contribution < 1.29 is 30.0 Å². The standard InChI is InChI=1S/C24H30ClNO6/c1-13(2)32-26-14(3)16-6-4-15(5-7-16)10-18-11-17(8-9-19(18)25)24-23(30)22(29)21(28)20(12-27)31-24/h4-9,11,13,20-24,27-30H,10,12H2,1-3H3. The summed E-state index contributed by atoms with van der Waals surface area (Å²) in [5, 5.41) is 44.6. The Morgan fingerprint density at radius 1 is 1.06 bits per heavy atom. The van der Waals surface area contributed by atoms with Crippen LogP contribution < -0.4 is 0 Å². The number of benzene rings is 2. The van der Waals surface area contributed by atoms with Crippen LogP contribution in [0.15, 0.2) is 47.6 Å². The summed E-state index contributed by atoms with van der Waals surface area (Å²) in [5.74, 6) is 0. The van der Waals surface area contributed by atoms with E-state index in [1.807, 2.05) is 51.1 Å². The van der Waals surface area contributed by atoms with Crippen molar-refractivity contribution in [2.45, 2.75) is 63.8 Å². The number of ether oxygens (including phenoxy) is 1. The molecule has 7 nitrogen and oxygen atoms in total. The molecule has 2 aromatic rings. The molecule has 1 fully saturated rings. The molecule has 1 aliphatic heterocycles. The number of aliphatic hydroxyl groups excluding tert-OH is 4. The van der Waals surface area contributed by atoms with Gasteiger partial charge in [-0.2, -0.15) is 0 Å². The van der Waals surface area contributed by atoms with Gasteiger partial charge in [-0.15, -0.1) is 0 Å². The van der Waals surface area contributed by atoms with E-state index in [0.717, 1.165) is 22.4 Å². The van der Waals surface area contributed by atoms with Crippen LogP contribution in [0.4, 0.5) is 0 Å². The fourth-order valence-corrected chi connectivity index (χ4v) is 3.79. The smallest absolute Gasteiger partial charge is 0.122 e. The van der Waals surface area contributed by atoms with Gasteiger partial charge in [0.15, 0.2) is 0 Å². The van der Waals surface area contributed by atoms with Crippen molar-refractivity contribution in [1.29, 1.82) is 0 Å². The molecule has 5 atom stereocenters. The van der Waals surface area contributed by atoms with Crippen molar-refractivity contribution >= 4 is 17.3 Å². The summed E-state index contributed by atoms with van der Waals surface area (Å²) in [6.45, 7) is 5.25. The van der Waals surface area contributed by atoms with Gasteiger partial charge in [0, 0.05) is 5.02 Å². The Hall–Kier alpha value is -2.00. The van der Waals surface area contributed by atoms with E-state index in [9.17, 15) is 20.4 Å². The molecule has 0 saturated carbocycles. The molecular formula is C24H30ClNO6. The van der Waals surface area contributed by atoms with E-state index in [4.69, 9.17) is 21.2 Å². The lowest BCUT2D eigenvalue weighted by Gasteiger charge is -2.40. The highest BCUT2D eigenvalue weighted by atomic mass is 35.5. The Kier molecular flexibility index (Phi) is 8.27. The first kappa shape index (κ1) is 24.6. The van der Waals surface area contributed by atoms with E-state index in [0.29, 0.717) is 17.0 Å². The fourth-order valence-electron chi connectivity index (χ4n) is 3.61. The highest BCUT2D eigenvalue weighted by molar-refractivity contribution is 6.31. The lowest BCUT2D eigenvalue weighted by atomic mass is 9.90. The molecule has 32 heavy (non-hydrogen) atoms. The van der Waals surface area contributed by atoms with Crippen LogP contribution in [-0.4, -0.2) is 63.3 Å². The van der Waals surface area contributed by atoms with Crippen LogP contribution in [0.5, 0.6) is 0 Å². The summed E-state index contributed by atoms with van der Waals surface area (Å²) in [6.07, 6.45) is -5.46. The maximum atomic E-state index is 10.4. The minimum atomic E-state index is -1.43. The minimum Gasteiger partial charge on any atom is -0.394 e. The zero-order valence-corrected chi connectivity index (χ0v) is 19.1. The molecule has 174 valence electrons. The lowest BCUT2D eigenvalue weighted by molar-refractivity contribution is -0.231. The molecule has 0 aromatic heterocycles. The van der Waals surface area contributed by atoms with Crippen molar-refractivity contribution in [2.75, 3.05) is 6.61 Å². The van der Waals surface area contributed by atoms with Gasteiger partial charge in [0.2, 0.25) is 0 Å². The molecular weight excluding hydrogens is 434 g/mol. The highest BCUT2D eigenvalue weighted by Gasteiger charge is 2.44. The lowest BCUT2D eigenvalue weighted by Crippen LogP contribution is -2.55. The van der Waals surface area contributed by atoms with Crippen molar-refractivity contribution in [1.82, 2.24) is 0 Å². The van der Waals surface area contributed by atoms with Crippen molar-refractivity contribution in [2.24, 2.45) is 5.16 Å². The topological polar surface area (TPSA) is 112 Å². The largest absolute Gasteiger partial charge is 0.394 e. The average molecular weight is 464 g/mol. The molecule has 1 saturated heterocycles. The molecule has 0 spiro atoms. The maximum absolute atomic E-state index is 10.4. The van der Waals surface area contributed by atoms with Gasteiger partial charge in [-0.1, -0.05) is 53.2 Å². The Balaban J connectivity index is 1.78. The van der Waals surface area contributed by atoms with E-state index >= 15 is 0 Å². The quantitative estimate of drug-likeness (QED) is 0.371. The Bertz CT molecular complexity index is 931. The van der Waals surface area contributed by atoms with E-state index in [1.165, 1.54) is 0 Å². The predicted molar refractivity (Wildman–Crippen MR) is 122 cm³/mol. The first-order valence-electron chi connectivity index (χ1n) is 10.6. The number of halogens is 1. The summed E-state index contributed by atoms with van der Waals surface area (Å²) in [5.41, 5.74) is 4.19. The second-order valence-corrected chi connectivity index (χ2v) is 8.71. The molecule has 4 N–H and O–H groups in total. The summed E-state index contributed by atoms with van der Waals surface area (Å²) in [6, 6.07) is 13.1. The van der Waals surface area contributed by atoms with Gasteiger partial charge in [0.05, 0.1) is 12.3 Å². The van der Waals surface area contributed by atoms with Gasteiger partial charge in [-0.25, -0.2) is 0 Å². The third-order valence-electron chi connectivity index (χ3n) is 5.46. The van der Waals surface area contributed by atoms with E-state index in [1.54, 1.807) is 12.1 Å². The van der Waals surface area contributed by atoms with E-state index < -0.39 is 37.1 Å². The summed E-state index contributed by atoms with van der Waals surface area (Å²) in [4.78, 5) is 5.30. The van der Waals surface area contributed by atoms with Crippen LogP contribution in [0.25, 0.3) is 0 Å². The average Bonchev–Trinajstić information content (AvgIpc) is 2.78. The fraction of sp³-hybridized carbons (Fsp3) is 0.458. The molecule has 2 aromatic carbocycles. The Morgan fingerprint density at radius 3 is 2.38 bits per heavy atom. The number of aliphatic hydroxyl groups is 4. The molecule has 0 radical (unpaired) electrons. The highest BCUT2D eigenvalue weighted by Crippen LogP contribution is 2.34. The number of nitrogens with zero attached hydrogens (tertiary/aromatic N) is 1. The van der Waals surface area contributed by atoms with Crippen molar-refractivity contribution in [3.8, 4) is 0 Å². The molecule has 8 heteroatoms. The van der Waals surface area contributed by atoms with E-state index in [-0.39, 0.29) is 6.10 Å². The van der Waals surface area contributed by atoms with Crippen LogP contribution in [0.3, 0.4) is 0 Å².